The second kappa shape index (κ2) is 19.0. The monoisotopic (exact) mass is 727 g/mol. The molecule has 12 nitrogen and oxygen atoms in total. The Labute approximate surface area is 311 Å². The van der Waals surface area contributed by atoms with Crippen LogP contribution in [0, 0.1) is 5.92 Å². The van der Waals surface area contributed by atoms with Crippen LogP contribution < -0.4 is 16.4 Å². The van der Waals surface area contributed by atoms with Gasteiger partial charge in [-0.3, -0.25) is 14.4 Å². The van der Waals surface area contributed by atoms with Gasteiger partial charge in [0.2, 0.25) is 17.6 Å². The van der Waals surface area contributed by atoms with Gasteiger partial charge in [-0.2, -0.15) is 0 Å². The van der Waals surface area contributed by atoms with Gasteiger partial charge in [-0.15, -0.1) is 0 Å². The smallest absolute Gasteiger partial charge is 0.407 e. The molecule has 3 aromatic rings. The minimum atomic E-state index is -1.04. The van der Waals surface area contributed by atoms with E-state index in [0.717, 1.165) is 44.1 Å². The second-order valence-electron chi connectivity index (χ2n) is 14.5. The fraction of sp³-hybridized carbons (Fsp3) is 0.537. The Balaban J connectivity index is 1.23. The van der Waals surface area contributed by atoms with Crippen LogP contribution in [0.3, 0.4) is 0 Å². The van der Waals surface area contributed by atoms with Crippen molar-refractivity contribution in [1.82, 2.24) is 20.5 Å². The Bertz CT molecular complexity index is 1680. The summed E-state index contributed by atoms with van der Waals surface area (Å²) in [5.74, 6) is -1.09. The number of fused-ring (bicyclic) bond motifs is 1. The molecule has 3 aliphatic rings. The highest BCUT2D eigenvalue weighted by atomic mass is 16.5. The van der Waals surface area contributed by atoms with Crippen molar-refractivity contribution in [3.8, 4) is 0 Å². The van der Waals surface area contributed by atoms with E-state index in [2.05, 4.69) is 21.7 Å². The number of nitrogens with two attached hydrogens (primary N) is 1. The van der Waals surface area contributed by atoms with Crippen LogP contribution in [0.2, 0.25) is 0 Å². The summed E-state index contributed by atoms with van der Waals surface area (Å²) >= 11 is 0. The summed E-state index contributed by atoms with van der Waals surface area (Å²) in [5.41, 5.74) is 9.16. The van der Waals surface area contributed by atoms with Gasteiger partial charge in [0.15, 0.2) is 5.58 Å². The highest BCUT2D eigenvalue weighted by molar-refractivity contribution is 6.01. The molecule has 6 rings (SSSR count). The van der Waals surface area contributed by atoms with E-state index in [0.29, 0.717) is 75.3 Å². The largest absolute Gasteiger partial charge is 0.449 e. The molecule has 0 bridgehead atoms. The van der Waals surface area contributed by atoms with E-state index in [9.17, 15) is 19.2 Å². The van der Waals surface area contributed by atoms with E-state index in [1.54, 1.807) is 18.2 Å². The molecule has 12 heteroatoms. The Morgan fingerprint density at radius 2 is 1.70 bits per heavy atom. The van der Waals surface area contributed by atoms with Crippen LogP contribution in [0.25, 0.3) is 11.1 Å². The van der Waals surface area contributed by atoms with E-state index in [4.69, 9.17) is 19.6 Å². The number of Topliss-reactive ketones (excluding diaryl/α,β-unsaturated/α-hetero) is 1. The molecule has 0 spiro atoms. The maximum Gasteiger partial charge on any atom is 0.407 e. The number of oxazole rings is 1. The molecule has 2 saturated carbocycles. The summed E-state index contributed by atoms with van der Waals surface area (Å²) in [6, 6.07) is 13.9. The number of allylic oxidation sites excluding steroid dienone is 1. The van der Waals surface area contributed by atoms with Crippen molar-refractivity contribution in [3.05, 3.63) is 77.7 Å². The van der Waals surface area contributed by atoms with E-state index >= 15 is 0 Å². The first-order valence-corrected chi connectivity index (χ1v) is 19.4. The molecule has 1 aromatic heterocycles. The van der Waals surface area contributed by atoms with E-state index in [1.807, 2.05) is 36.4 Å². The van der Waals surface area contributed by atoms with Gasteiger partial charge in [0.1, 0.15) is 17.6 Å². The van der Waals surface area contributed by atoms with Crippen LogP contribution in [0.4, 0.5) is 4.79 Å². The van der Waals surface area contributed by atoms with Gasteiger partial charge in [0, 0.05) is 6.54 Å². The van der Waals surface area contributed by atoms with E-state index < -0.39 is 47.9 Å². The molecule has 3 fully saturated rings. The fourth-order valence-electron chi connectivity index (χ4n) is 7.22. The van der Waals surface area contributed by atoms with Crippen molar-refractivity contribution < 1.29 is 33.1 Å². The summed E-state index contributed by atoms with van der Waals surface area (Å²) in [7, 11) is 0. The van der Waals surface area contributed by atoms with Crippen LogP contribution in [-0.4, -0.2) is 84.1 Å². The van der Waals surface area contributed by atoms with Gasteiger partial charge < -0.3 is 35.2 Å². The van der Waals surface area contributed by atoms with E-state index in [1.165, 1.54) is 16.9 Å². The predicted octanol–water partition coefficient (Wildman–Crippen LogP) is 5.64. The second-order valence-corrected chi connectivity index (χ2v) is 14.5. The van der Waals surface area contributed by atoms with Crippen molar-refractivity contribution in [2.45, 2.75) is 108 Å². The number of ether oxygens (including phenoxy) is 2. The van der Waals surface area contributed by atoms with Crippen molar-refractivity contribution in [1.29, 1.82) is 0 Å². The zero-order chi connectivity index (χ0) is 37.0. The highest BCUT2D eigenvalue weighted by Gasteiger charge is 2.45. The number of likely N-dealkylation sites (tertiary alicyclic amines) is 1. The Kier molecular flexibility index (Phi) is 13.7. The van der Waals surface area contributed by atoms with Gasteiger partial charge in [-0.05, 0) is 107 Å². The highest BCUT2D eigenvalue weighted by Crippen LogP contribution is 2.29. The minimum Gasteiger partial charge on any atom is -0.449 e. The van der Waals surface area contributed by atoms with Gasteiger partial charge in [0.05, 0.1) is 25.4 Å². The first kappa shape index (κ1) is 38.2. The topological polar surface area (TPSA) is 166 Å². The number of aryl methyl sites for hydroxylation is 1. The number of hydrogen-bond acceptors (Lipinski definition) is 9. The molecule has 2 aliphatic carbocycles. The summed E-state index contributed by atoms with van der Waals surface area (Å²) in [4.78, 5) is 61.7. The number of nitrogens with zero attached hydrogens (tertiary/aromatic N) is 2. The van der Waals surface area contributed by atoms with Crippen LogP contribution in [-0.2, 0) is 25.5 Å². The van der Waals surface area contributed by atoms with Gasteiger partial charge >= 0.3 is 6.09 Å². The molecular formula is C41H53N5O7. The lowest BCUT2D eigenvalue weighted by Gasteiger charge is -2.31. The van der Waals surface area contributed by atoms with Crippen molar-refractivity contribution in [2.24, 2.45) is 11.7 Å². The first-order valence-electron chi connectivity index (χ1n) is 19.4. The molecule has 284 valence electrons. The molecule has 2 heterocycles. The van der Waals surface area contributed by atoms with Crippen LogP contribution >= 0.6 is 0 Å². The predicted molar refractivity (Wildman–Crippen MR) is 200 cm³/mol. The maximum atomic E-state index is 14.5. The molecule has 0 radical (unpaired) electrons. The number of nitrogens with one attached hydrogen (secondary N) is 2. The standard InChI is InChI=1S/C41H53N5O7/c42-24-10-9-16-32(37(47)39-44-31-15-7-8-17-34(31)53-39)43-38(48)36-35(51-26-23-29-13-5-2-6-14-29)22-25-46(36)40(49)33(21-20-28-11-3-1-4-12-28)45-41(50)52-27-30-18-19-30/h1,3-4,7-8,11-12,15,17,23,30,32-33,35-36H,2,5-6,9-10,13-14,16,18-22,24-27,42H2,(H,43,48)(H,45,50)/t32-,33+,35-,36-/m0/s1. The molecule has 4 atom stereocenters. The molecule has 2 aromatic carbocycles. The van der Waals surface area contributed by atoms with Crippen molar-refractivity contribution in [3.63, 3.8) is 0 Å². The maximum absolute atomic E-state index is 14.5. The number of para-hydroxylation sites is 2. The van der Waals surface area contributed by atoms with Gasteiger partial charge in [-0.25, -0.2) is 9.78 Å². The average Bonchev–Trinajstić information content (AvgIpc) is 3.76. The molecule has 53 heavy (non-hydrogen) atoms. The van der Waals surface area contributed by atoms with Gasteiger partial charge in [0.25, 0.3) is 5.89 Å². The summed E-state index contributed by atoms with van der Waals surface area (Å²) in [6.07, 6.45) is 11.3. The number of hydrogen-bond donors (Lipinski definition) is 3. The normalized spacial score (nSPS) is 19.8. The number of carbonyl (C=O) groups excluding carboxylic acids is 4. The van der Waals surface area contributed by atoms with Crippen LogP contribution in [0.1, 0.15) is 93.3 Å². The van der Waals surface area contributed by atoms with Gasteiger partial charge in [-0.1, -0.05) is 60.5 Å². The molecule has 0 unspecified atom stereocenters. The molecule has 4 N–H and O–H groups in total. The third-order valence-electron chi connectivity index (χ3n) is 10.5. The summed E-state index contributed by atoms with van der Waals surface area (Å²) in [5, 5.41) is 5.78. The molecule has 3 amide bonds. The quantitative estimate of drug-likeness (QED) is 0.0854. The van der Waals surface area contributed by atoms with Crippen LogP contribution in [0.5, 0.6) is 0 Å². The number of alkyl carbamates (subject to hydrolysis) is 1. The summed E-state index contributed by atoms with van der Waals surface area (Å²) < 4.78 is 17.6. The zero-order valence-corrected chi connectivity index (χ0v) is 30.5. The number of aromatic nitrogens is 1. The molecule has 1 aliphatic heterocycles. The lowest BCUT2D eigenvalue weighted by Crippen LogP contribution is -2.58. The summed E-state index contributed by atoms with van der Waals surface area (Å²) in [6.45, 7) is 1.31. The number of carbonyl (C=O) groups is 4. The number of amides is 3. The average molecular weight is 728 g/mol. The first-order chi connectivity index (χ1) is 25.9. The minimum absolute atomic E-state index is 0.0922. The van der Waals surface area contributed by atoms with Crippen LogP contribution in [0.15, 0.2) is 70.7 Å². The number of unbranched alkanes of at least 4 members (excludes halogenated alkanes) is 1. The van der Waals surface area contributed by atoms with Crippen molar-refractivity contribution >= 4 is 34.8 Å². The third kappa shape index (κ3) is 10.8. The fourth-order valence-corrected chi connectivity index (χ4v) is 7.22. The zero-order valence-electron chi connectivity index (χ0n) is 30.5. The molecule has 1 saturated heterocycles. The Hall–Kier alpha value is -4.55. The Morgan fingerprint density at radius 3 is 2.45 bits per heavy atom. The van der Waals surface area contributed by atoms with Crippen molar-refractivity contribution in [2.75, 3.05) is 26.3 Å². The SMILES string of the molecule is NCCCC[C@H](NC(=O)[C@@H]1[C@@H](OCC=C2CCCCC2)CCN1C(=O)[C@@H](CCc1ccccc1)NC(=O)OCC1CC1)C(=O)c1nc2ccccc2o1. The third-order valence-corrected chi connectivity index (χ3v) is 10.5. The Morgan fingerprint density at radius 1 is 0.925 bits per heavy atom. The molecular weight excluding hydrogens is 674 g/mol. The lowest BCUT2D eigenvalue weighted by molar-refractivity contribution is -0.143. The van der Waals surface area contributed by atoms with E-state index in [-0.39, 0.29) is 12.4 Å². The number of benzene rings is 2. The lowest BCUT2D eigenvalue weighted by atomic mass is 9.95. The number of ketones is 1. The number of rotatable bonds is 18.